The van der Waals surface area contributed by atoms with E-state index in [0.29, 0.717) is 11.6 Å². The molecule has 3 heterocycles. The number of rotatable bonds is 5. The summed E-state index contributed by atoms with van der Waals surface area (Å²) in [6.07, 6.45) is 5.91. The summed E-state index contributed by atoms with van der Waals surface area (Å²) in [5.74, 6) is 0.909. The van der Waals surface area contributed by atoms with Crippen LogP contribution in [-0.2, 0) is 6.54 Å². The lowest BCUT2D eigenvalue weighted by atomic mass is 10.0. The number of piperidine rings is 1. The molecule has 2 aromatic rings. The minimum atomic E-state index is 0.128. The predicted molar refractivity (Wildman–Crippen MR) is 112 cm³/mol. The molecule has 6 heteroatoms. The van der Waals surface area contributed by atoms with Crippen LogP contribution in [0.15, 0.2) is 42.6 Å². The Morgan fingerprint density at radius 1 is 1.14 bits per heavy atom. The lowest BCUT2D eigenvalue weighted by molar-refractivity contribution is 0.0718. The van der Waals surface area contributed by atoms with Crippen LogP contribution in [0.5, 0.6) is 0 Å². The van der Waals surface area contributed by atoms with Crippen molar-refractivity contribution >= 4 is 11.7 Å². The van der Waals surface area contributed by atoms with Crippen molar-refractivity contribution in [2.75, 3.05) is 31.5 Å². The number of carbonyl (C=O) groups is 1. The monoisotopic (exact) mass is 389 g/mol. The SMILES string of the molecule is N#Cc1ccc(NC2CCN(C(=O)c3cccc(CN4CCCC4)c3)CC2)nc1. The molecule has 0 spiro atoms. The van der Waals surface area contributed by atoms with Crippen LogP contribution in [0, 0.1) is 11.3 Å². The minimum absolute atomic E-state index is 0.128. The molecule has 4 rings (SSSR count). The molecule has 6 nitrogen and oxygen atoms in total. The largest absolute Gasteiger partial charge is 0.367 e. The molecule has 0 radical (unpaired) electrons. The first kappa shape index (κ1) is 19.4. The Bertz CT molecular complexity index is 875. The van der Waals surface area contributed by atoms with Gasteiger partial charge >= 0.3 is 0 Å². The van der Waals surface area contributed by atoms with E-state index < -0.39 is 0 Å². The molecule has 0 unspecified atom stereocenters. The Balaban J connectivity index is 1.31. The van der Waals surface area contributed by atoms with E-state index in [1.54, 1.807) is 12.3 Å². The second-order valence-corrected chi connectivity index (χ2v) is 7.94. The van der Waals surface area contributed by atoms with Crippen molar-refractivity contribution in [3.05, 3.63) is 59.3 Å². The lowest BCUT2D eigenvalue weighted by Gasteiger charge is -2.32. The van der Waals surface area contributed by atoms with Gasteiger partial charge in [0, 0.05) is 37.4 Å². The second-order valence-electron chi connectivity index (χ2n) is 7.94. The molecule has 0 saturated carbocycles. The van der Waals surface area contributed by atoms with E-state index in [2.05, 4.69) is 33.4 Å². The Hall–Kier alpha value is -2.91. The molecular weight excluding hydrogens is 362 g/mol. The average molecular weight is 390 g/mol. The summed E-state index contributed by atoms with van der Waals surface area (Å²) >= 11 is 0. The smallest absolute Gasteiger partial charge is 0.253 e. The average Bonchev–Trinajstić information content (AvgIpc) is 3.27. The van der Waals surface area contributed by atoms with Crippen LogP contribution in [0.3, 0.4) is 0 Å². The van der Waals surface area contributed by atoms with Gasteiger partial charge in [0.1, 0.15) is 11.9 Å². The molecule has 0 aliphatic carbocycles. The topological polar surface area (TPSA) is 72.3 Å². The molecule has 1 N–H and O–H groups in total. The Morgan fingerprint density at radius 3 is 2.62 bits per heavy atom. The molecule has 2 saturated heterocycles. The molecular formula is C23H27N5O. The number of amides is 1. The van der Waals surface area contributed by atoms with Gasteiger partial charge in [-0.25, -0.2) is 4.98 Å². The highest BCUT2D eigenvalue weighted by molar-refractivity contribution is 5.94. The third-order valence-electron chi connectivity index (χ3n) is 5.81. The van der Waals surface area contributed by atoms with Gasteiger partial charge in [-0.1, -0.05) is 12.1 Å². The van der Waals surface area contributed by atoms with E-state index in [4.69, 9.17) is 5.26 Å². The number of hydrogen-bond donors (Lipinski definition) is 1. The zero-order valence-electron chi connectivity index (χ0n) is 16.7. The number of benzene rings is 1. The molecule has 0 bridgehead atoms. The minimum Gasteiger partial charge on any atom is -0.367 e. The van der Waals surface area contributed by atoms with Crippen molar-refractivity contribution in [3.8, 4) is 6.07 Å². The van der Waals surface area contributed by atoms with E-state index in [1.165, 1.54) is 18.4 Å². The normalized spacial score (nSPS) is 17.8. The number of aromatic nitrogens is 1. The summed E-state index contributed by atoms with van der Waals surface area (Å²) in [5.41, 5.74) is 2.57. The van der Waals surface area contributed by atoms with E-state index in [0.717, 1.165) is 56.9 Å². The molecule has 1 aromatic heterocycles. The molecule has 1 aromatic carbocycles. The zero-order valence-corrected chi connectivity index (χ0v) is 16.7. The van der Waals surface area contributed by atoms with E-state index in [-0.39, 0.29) is 5.91 Å². The third-order valence-corrected chi connectivity index (χ3v) is 5.81. The van der Waals surface area contributed by atoms with Gasteiger partial charge in [-0.05, 0) is 68.6 Å². The molecule has 29 heavy (non-hydrogen) atoms. The highest BCUT2D eigenvalue weighted by atomic mass is 16.2. The van der Waals surface area contributed by atoms with Gasteiger partial charge in [0.15, 0.2) is 0 Å². The van der Waals surface area contributed by atoms with Crippen molar-refractivity contribution in [2.24, 2.45) is 0 Å². The van der Waals surface area contributed by atoms with Crippen LogP contribution in [0.2, 0.25) is 0 Å². The molecule has 2 aliphatic heterocycles. The number of likely N-dealkylation sites (tertiary alicyclic amines) is 2. The van der Waals surface area contributed by atoms with Gasteiger partial charge in [0.25, 0.3) is 5.91 Å². The zero-order chi connectivity index (χ0) is 20.1. The fourth-order valence-corrected chi connectivity index (χ4v) is 4.17. The Morgan fingerprint density at radius 2 is 1.93 bits per heavy atom. The maximum absolute atomic E-state index is 13.0. The highest BCUT2D eigenvalue weighted by Crippen LogP contribution is 2.19. The highest BCUT2D eigenvalue weighted by Gasteiger charge is 2.24. The number of nitrogens with one attached hydrogen (secondary N) is 1. The molecule has 2 fully saturated rings. The summed E-state index contributed by atoms with van der Waals surface area (Å²) in [6, 6.07) is 14.1. The van der Waals surface area contributed by atoms with Gasteiger partial charge in [-0.15, -0.1) is 0 Å². The van der Waals surface area contributed by atoms with Crippen LogP contribution in [-0.4, -0.2) is 52.9 Å². The molecule has 2 aliphatic rings. The van der Waals surface area contributed by atoms with Gasteiger partial charge < -0.3 is 10.2 Å². The van der Waals surface area contributed by atoms with Crippen molar-refractivity contribution in [2.45, 2.75) is 38.3 Å². The summed E-state index contributed by atoms with van der Waals surface area (Å²) < 4.78 is 0. The Labute approximate surface area is 172 Å². The maximum atomic E-state index is 13.0. The first-order valence-electron chi connectivity index (χ1n) is 10.4. The summed E-state index contributed by atoms with van der Waals surface area (Å²) in [4.78, 5) is 21.7. The summed E-state index contributed by atoms with van der Waals surface area (Å²) in [5, 5.41) is 12.3. The standard InChI is InChI=1S/C23H27N5O/c24-15-19-6-7-22(25-16-19)26-21-8-12-28(13-9-21)23(29)20-5-3-4-18(14-20)17-27-10-1-2-11-27/h3-7,14,16,21H,1-2,8-13,17H2,(H,25,26). The van der Waals surface area contributed by atoms with Gasteiger partial charge in [-0.3, -0.25) is 9.69 Å². The summed E-state index contributed by atoms with van der Waals surface area (Å²) in [7, 11) is 0. The Kier molecular flexibility index (Phi) is 6.06. The van der Waals surface area contributed by atoms with E-state index in [9.17, 15) is 4.79 Å². The van der Waals surface area contributed by atoms with Crippen molar-refractivity contribution in [1.82, 2.24) is 14.8 Å². The predicted octanol–water partition coefficient (Wildman–Crippen LogP) is 3.27. The van der Waals surface area contributed by atoms with E-state index in [1.807, 2.05) is 23.1 Å². The molecule has 0 atom stereocenters. The van der Waals surface area contributed by atoms with Gasteiger partial charge in [0.05, 0.1) is 5.56 Å². The van der Waals surface area contributed by atoms with Crippen molar-refractivity contribution in [1.29, 1.82) is 5.26 Å². The molecule has 1 amide bonds. The van der Waals surface area contributed by atoms with Gasteiger partial charge in [-0.2, -0.15) is 5.26 Å². The van der Waals surface area contributed by atoms with Crippen molar-refractivity contribution in [3.63, 3.8) is 0 Å². The number of nitriles is 1. The fraction of sp³-hybridized carbons (Fsp3) is 0.435. The van der Waals surface area contributed by atoms with Crippen LogP contribution < -0.4 is 5.32 Å². The lowest BCUT2D eigenvalue weighted by Crippen LogP contribution is -2.42. The third kappa shape index (κ3) is 4.93. The number of nitrogens with zero attached hydrogens (tertiary/aromatic N) is 4. The van der Waals surface area contributed by atoms with Crippen LogP contribution in [0.25, 0.3) is 0 Å². The number of hydrogen-bond acceptors (Lipinski definition) is 5. The van der Waals surface area contributed by atoms with Crippen LogP contribution >= 0.6 is 0 Å². The number of carbonyl (C=O) groups excluding carboxylic acids is 1. The van der Waals surface area contributed by atoms with Gasteiger partial charge in [0.2, 0.25) is 0 Å². The second kappa shape index (κ2) is 9.06. The van der Waals surface area contributed by atoms with Crippen LogP contribution in [0.1, 0.15) is 47.2 Å². The fourth-order valence-electron chi connectivity index (χ4n) is 4.17. The maximum Gasteiger partial charge on any atom is 0.253 e. The van der Waals surface area contributed by atoms with Crippen molar-refractivity contribution < 1.29 is 4.79 Å². The number of anilines is 1. The summed E-state index contributed by atoms with van der Waals surface area (Å²) in [6.45, 7) is 4.73. The number of pyridine rings is 1. The van der Waals surface area contributed by atoms with E-state index >= 15 is 0 Å². The molecule has 150 valence electrons. The first-order valence-corrected chi connectivity index (χ1v) is 10.4. The first-order chi connectivity index (χ1) is 14.2. The van der Waals surface area contributed by atoms with Crippen LogP contribution in [0.4, 0.5) is 5.82 Å². The quantitative estimate of drug-likeness (QED) is 0.850.